The van der Waals surface area contributed by atoms with Gasteiger partial charge in [0.05, 0.1) is 12.1 Å². The Labute approximate surface area is 189 Å². The quantitative estimate of drug-likeness (QED) is 0.251. The number of nitrogens with zero attached hydrogens (tertiary/aromatic N) is 5. The summed E-state index contributed by atoms with van der Waals surface area (Å²) in [6.45, 7) is 1.86. The molecule has 0 radical (unpaired) electrons. The summed E-state index contributed by atoms with van der Waals surface area (Å²) in [5.41, 5.74) is 9.79. The van der Waals surface area contributed by atoms with E-state index in [1.165, 1.54) is 4.68 Å². The first-order chi connectivity index (χ1) is 16.0. The van der Waals surface area contributed by atoms with E-state index in [1.54, 1.807) is 36.4 Å². The third-order valence-electron chi connectivity index (χ3n) is 4.94. The van der Waals surface area contributed by atoms with Gasteiger partial charge in [0, 0.05) is 11.1 Å². The highest BCUT2D eigenvalue weighted by atomic mass is 16.2. The maximum Gasteiger partial charge on any atom is 0.258 e. The number of amides is 1. The molecule has 9 nitrogen and oxygen atoms in total. The highest BCUT2D eigenvalue weighted by Crippen LogP contribution is 2.18. The topological polar surface area (TPSA) is 127 Å². The van der Waals surface area contributed by atoms with Gasteiger partial charge < -0.3 is 0 Å². The van der Waals surface area contributed by atoms with E-state index in [1.807, 2.05) is 49.4 Å². The van der Waals surface area contributed by atoms with Gasteiger partial charge in [0.25, 0.3) is 5.91 Å². The number of hydrogen-bond donors (Lipinski definition) is 2. The Morgan fingerprint density at radius 2 is 1.70 bits per heavy atom. The van der Waals surface area contributed by atoms with E-state index >= 15 is 0 Å². The molecule has 0 fully saturated rings. The normalized spacial score (nSPS) is 10.3. The molecule has 0 saturated carbocycles. The number of rotatable bonds is 7. The Hall–Kier alpha value is -4.75. The standard InChI is InChI=1S/C24H19N7O2/c1-16-7-5-6-10-20(16)23(33)27-24-26-22(29-31(24)19-8-3-2-4-9-19)15-21(32)17-11-13-18(14-12-17)28-30-25/h2-14,25H,15H2,1H3/p+1. The molecule has 9 heteroatoms. The van der Waals surface area contributed by atoms with Crippen LogP contribution >= 0.6 is 0 Å². The second-order valence-corrected chi connectivity index (χ2v) is 7.21. The van der Waals surface area contributed by atoms with Gasteiger partial charge in [-0.05, 0) is 55.0 Å². The summed E-state index contributed by atoms with van der Waals surface area (Å²) >= 11 is 0. The zero-order chi connectivity index (χ0) is 23.2. The zero-order valence-corrected chi connectivity index (χ0v) is 17.8. The number of carbonyl (C=O) groups is 2. The molecule has 1 aromatic heterocycles. The summed E-state index contributed by atoms with van der Waals surface area (Å²) in [7, 11) is 0. The van der Waals surface area contributed by atoms with Crippen molar-refractivity contribution in [3.05, 3.63) is 101 Å². The van der Waals surface area contributed by atoms with Gasteiger partial charge in [-0.25, -0.2) is 0 Å². The van der Waals surface area contributed by atoms with Crippen molar-refractivity contribution in [1.82, 2.24) is 19.7 Å². The first-order valence-corrected chi connectivity index (χ1v) is 10.1. The van der Waals surface area contributed by atoms with Gasteiger partial charge in [-0.15, -0.1) is 5.10 Å². The van der Waals surface area contributed by atoms with Gasteiger partial charge in [0.1, 0.15) is 5.53 Å². The first-order valence-electron chi connectivity index (χ1n) is 10.1. The number of aromatic nitrogens is 3. The summed E-state index contributed by atoms with van der Waals surface area (Å²) in [6, 6.07) is 22.9. The minimum atomic E-state index is -0.310. The molecule has 0 unspecified atom stereocenters. The van der Waals surface area contributed by atoms with Crippen LogP contribution in [0.2, 0.25) is 0 Å². The van der Waals surface area contributed by atoms with E-state index in [0.717, 1.165) is 5.56 Å². The number of hydrogen-bond acceptors (Lipinski definition) is 6. The van der Waals surface area contributed by atoms with Crippen LogP contribution in [0, 0.1) is 12.5 Å². The molecule has 162 valence electrons. The third-order valence-corrected chi connectivity index (χ3v) is 4.94. The fourth-order valence-electron chi connectivity index (χ4n) is 3.27. The van der Waals surface area contributed by atoms with Gasteiger partial charge in [-0.1, -0.05) is 36.4 Å². The summed E-state index contributed by atoms with van der Waals surface area (Å²) in [5, 5.41) is 10.9. The van der Waals surface area contributed by atoms with Gasteiger partial charge in [-0.3, -0.25) is 14.9 Å². The lowest BCUT2D eigenvalue weighted by Crippen LogP contribution is -2.16. The Morgan fingerprint density at radius 3 is 2.39 bits per heavy atom. The SMILES string of the molecule is Cc1ccccc1C(=O)Nc1nc(CC(=O)c2ccc(N=[N+]=N)cc2)nn1-c1ccccc1. The van der Waals surface area contributed by atoms with Crippen LogP contribution < -0.4 is 10.2 Å². The van der Waals surface area contributed by atoms with E-state index in [4.69, 9.17) is 5.53 Å². The molecule has 4 rings (SSSR count). The van der Waals surface area contributed by atoms with Crippen LogP contribution in [0.25, 0.3) is 5.69 Å². The monoisotopic (exact) mass is 438 g/mol. The highest BCUT2D eigenvalue weighted by Gasteiger charge is 2.19. The maximum absolute atomic E-state index is 12.9. The minimum absolute atomic E-state index is 0.0492. The molecule has 0 spiro atoms. The van der Waals surface area contributed by atoms with E-state index < -0.39 is 0 Å². The Bertz CT molecular complexity index is 1360. The lowest BCUT2D eigenvalue weighted by molar-refractivity contribution is 0.0989. The van der Waals surface area contributed by atoms with Crippen molar-refractivity contribution in [2.24, 2.45) is 5.11 Å². The smallest absolute Gasteiger partial charge is 0.258 e. The second-order valence-electron chi connectivity index (χ2n) is 7.21. The van der Waals surface area contributed by atoms with Crippen molar-refractivity contribution in [2.45, 2.75) is 13.3 Å². The Morgan fingerprint density at radius 1 is 1.00 bits per heavy atom. The summed E-state index contributed by atoms with van der Waals surface area (Å²) in [5.74, 6) is 0.00313. The molecule has 3 aromatic carbocycles. The summed E-state index contributed by atoms with van der Waals surface area (Å²) in [4.78, 5) is 33.0. The maximum atomic E-state index is 12.9. The molecular weight excluding hydrogens is 418 g/mol. The number of nitrogens with one attached hydrogen (secondary N) is 2. The fourth-order valence-corrected chi connectivity index (χ4v) is 3.27. The van der Waals surface area contributed by atoms with Crippen molar-refractivity contribution in [2.75, 3.05) is 5.32 Å². The molecule has 0 aliphatic carbocycles. The molecule has 0 saturated heterocycles. The van der Waals surface area contributed by atoms with Gasteiger partial charge >= 0.3 is 0 Å². The number of ketones is 1. The molecule has 0 aliphatic heterocycles. The van der Waals surface area contributed by atoms with E-state index in [9.17, 15) is 9.59 Å². The van der Waals surface area contributed by atoms with E-state index in [0.29, 0.717) is 22.5 Å². The summed E-state index contributed by atoms with van der Waals surface area (Å²) in [6.07, 6.45) is -0.0492. The van der Waals surface area contributed by atoms with Crippen molar-refractivity contribution in [3.63, 3.8) is 0 Å². The van der Waals surface area contributed by atoms with Crippen LogP contribution in [0.15, 0.2) is 84.0 Å². The molecule has 0 bridgehead atoms. The highest BCUT2D eigenvalue weighted by molar-refractivity contribution is 6.04. The van der Waals surface area contributed by atoms with Crippen molar-refractivity contribution >= 4 is 23.3 Å². The number of benzene rings is 3. The average molecular weight is 438 g/mol. The number of aryl methyl sites for hydroxylation is 1. The van der Waals surface area contributed by atoms with Crippen LogP contribution in [0.5, 0.6) is 0 Å². The summed E-state index contributed by atoms with van der Waals surface area (Å²) < 4.78 is 1.51. The third kappa shape index (κ3) is 4.95. The first kappa shape index (κ1) is 21.5. The minimum Gasteiger partial charge on any atom is -0.294 e. The van der Waals surface area contributed by atoms with Crippen molar-refractivity contribution in [3.8, 4) is 5.69 Å². The largest absolute Gasteiger partial charge is 0.294 e. The van der Waals surface area contributed by atoms with Crippen molar-refractivity contribution in [1.29, 1.82) is 5.53 Å². The molecule has 4 aromatic rings. The zero-order valence-electron chi connectivity index (χ0n) is 17.8. The predicted octanol–water partition coefficient (Wildman–Crippen LogP) is 4.44. The van der Waals surface area contributed by atoms with Gasteiger partial charge in [-0.2, -0.15) is 9.67 Å². The van der Waals surface area contributed by atoms with Gasteiger partial charge in [0.2, 0.25) is 10.9 Å². The Kier molecular flexibility index (Phi) is 6.24. The average Bonchev–Trinajstić information content (AvgIpc) is 3.22. The number of Topliss-reactive ketones (excluding diaryl/α,β-unsaturated/α-hetero) is 1. The van der Waals surface area contributed by atoms with Crippen LogP contribution in [-0.2, 0) is 6.42 Å². The lowest BCUT2D eigenvalue weighted by atomic mass is 10.1. The molecule has 33 heavy (non-hydrogen) atoms. The molecule has 1 heterocycles. The second kappa shape index (κ2) is 9.59. The van der Waals surface area contributed by atoms with Crippen LogP contribution in [0.3, 0.4) is 0 Å². The number of anilines is 1. The van der Waals surface area contributed by atoms with Crippen LogP contribution in [0.1, 0.15) is 32.1 Å². The lowest BCUT2D eigenvalue weighted by Gasteiger charge is -2.08. The molecule has 2 N–H and O–H groups in total. The van der Waals surface area contributed by atoms with Crippen molar-refractivity contribution < 1.29 is 9.59 Å². The fraction of sp³-hybridized carbons (Fsp3) is 0.0833. The predicted molar refractivity (Wildman–Crippen MR) is 122 cm³/mol. The van der Waals surface area contributed by atoms with E-state index in [2.05, 4.69) is 25.4 Å². The van der Waals surface area contributed by atoms with Crippen LogP contribution in [0.4, 0.5) is 11.6 Å². The molecule has 0 aliphatic rings. The van der Waals surface area contributed by atoms with Gasteiger partial charge in [0.15, 0.2) is 22.4 Å². The molecule has 1 amide bonds. The molecule has 0 atom stereocenters. The molecular formula is C24H20N7O2+. The Balaban J connectivity index is 1.62. The van der Waals surface area contributed by atoms with E-state index in [-0.39, 0.29) is 29.9 Å². The number of carbonyl (C=O) groups excluding carboxylic acids is 2. The number of para-hydroxylation sites is 1. The van der Waals surface area contributed by atoms with Crippen LogP contribution in [-0.4, -0.2) is 26.5 Å².